The number of rotatable bonds is 5. The van der Waals surface area contributed by atoms with Crippen LogP contribution in [0.25, 0.3) is 0 Å². The molecule has 2 N–H and O–H groups in total. The number of sulfonamides is 1. The van der Waals surface area contributed by atoms with Crippen molar-refractivity contribution in [3.8, 4) is 12.3 Å². The number of hydrogen-bond acceptors (Lipinski definition) is 3. The average Bonchev–Trinajstić information content (AvgIpc) is 2.35. The summed E-state index contributed by atoms with van der Waals surface area (Å²) in [6.45, 7) is 2.50. The third kappa shape index (κ3) is 3.12. The van der Waals surface area contributed by atoms with Crippen molar-refractivity contribution < 1.29 is 8.42 Å². The first kappa shape index (κ1) is 15.2. The summed E-state index contributed by atoms with van der Waals surface area (Å²) in [4.78, 5) is 0.205. The molecule has 1 aromatic carbocycles. The summed E-state index contributed by atoms with van der Waals surface area (Å²) in [6.07, 6.45) is 5.18. The first-order valence-corrected chi connectivity index (χ1v) is 7.62. The molecule has 18 heavy (non-hydrogen) atoms. The molecule has 6 heteroatoms. The highest BCUT2D eigenvalue weighted by Crippen LogP contribution is 2.26. The van der Waals surface area contributed by atoms with Gasteiger partial charge in [0.1, 0.15) is 0 Å². The Bertz CT molecular complexity index is 564. The Morgan fingerprint density at radius 3 is 2.61 bits per heavy atom. The largest absolute Gasteiger partial charge is 0.326 e. The number of benzene rings is 1. The fourth-order valence-electron chi connectivity index (χ4n) is 1.49. The Morgan fingerprint density at radius 2 is 2.17 bits per heavy atom. The maximum atomic E-state index is 12.3. The Labute approximate surface area is 116 Å². The topological polar surface area (TPSA) is 63.4 Å². The van der Waals surface area contributed by atoms with E-state index in [9.17, 15) is 8.42 Å². The van der Waals surface area contributed by atoms with E-state index in [-0.39, 0.29) is 11.4 Å². The summed E-state index contributed by atoms with van der Waals surface area (Å²) in [5.41, 5.74) is 6.37. The third-order valence-corrected chi connectivity index (χ3v) is 5.37. The van der Waals surface area contributed by atoms with Gasteiger partial charge in [0.05, 0.1) is 11.4 Å². The molecule has 0 saturated carbocycles. The van der Waals surface area contributed by atoms with Crippen LogP contribution in [0.2, 0.25) is 0 Å². The van der Waals surface area contributed by atoms with E-state index in [2.05, 4.69) is 21.9 Å². The lowest BCUT2D eigenvalue weighted by molar-refractivity contribution is 0.463. The molecule has 0 spiro atoms. The summed E-state index contributed by atoms with van der Waals surface area (Å²) in [5, 5.41) is 0. The van der Waals surface area contributed by atoms with Crippen LogP contribution in [-0.2, 0) is 16.6 Å². The van der Waals surface area contributed by atoms with Gasteiger partial charge in [-0.3, -0.25) is 0 Å². The van der Waals surface area contributed by atoms with E-state index in [0.29, 0.717) is 17.6 Å². The predicted octanol–water partition coefficient (Wildman–Crippen LogP) is 1.55. The zero-order valence-corrected chi connectivity index (χ0v) is 12.5. The second-order valence-corrected chi connectivity index (χ2v) is 6.36. The molecule has 0 saturated heterocycles. The summed E-state index contributed by atoms with van der Waals surface area (Å²) >= 11 is 3.26. The van der Waals surface area contributed by atoms with E-state index in [0.717, 1.165) is 5.56 Å². The number of hydrogen-bond donors (Lipinski definition) is 1. The van der Waals surface area contributed by atoms with Crippen LogP contribution in [0, 0.1) is 12.3 Å². The highest BCUT2D eigenvalue weighted by atomic mass is 79.9. The molecule has 0 aromatic heterocycles. The summed E-state index contributed by atoms with van der Waals surface area (Å²) in [6, 6.07) is 4.94. The smallest absolute Gasteiger partial charge is 0.245 e. The van der Waals surface area contributed by atoms with Crippen molar-refractivity contribution in [1.82, 2.24) is 4.31 Å². The normalized spacial score (nSPS) is 11.5. The lowest BCUT2D eigenvalue weighted by Crippen LogP contribution is -2.31. The van der Waals surface area contributed by atoms with Gasteiger partial charge in [0, 0.05) is 17.6 Å². The van der Waals surface area contributed by atoms with Gasteiger partial charge in [-0.1, -0.05) is 18.9 Å². The molecule has 0 radical (unpaired) electrons. The Kier molecular flexibility index (Phi) is 5.35. The van der Waals surface area contributed by atoms with E-state index >= 15 is 0 Å². The van der Waals surface area contributed by atoms with Crippen molar-refractivity contribution in [2.45, 2.75) is 18.4 Å². The first-order chi connectivity index (χ1) is 8.47. The van der Waals surface area contributed by atoms with Gasteiger partial charge in [0.2, 0.25) is 10.0 Å². The van der Waals surface area contributed by atoms with Crippen molar-refractivity contribution >= 4 is 26.0 Å². The van der Waals surface area contributed by atoms with Crippen molar-refractivity contribution in [1.29, 1.82) is 0 Å². The number of halogens is 1. The number of terminal acetylenes is 1. The van der Waals surface area contributed by atoms with E-state index in [1.807, 2.05) is 0 Å². The van der Waals surface area contributed by atoms with Crippen LogP contribution in [0.3, 0.4) is 0 Å². The van der Waals surface area contributed by atoms with Crippen molar-refractivity contribution in [3.05, 3.63) is 28.2 Å². The van der Waals surface area contributed by atoms with Gasteiger partial charge in [-0.05, 0) is 33.6 Å². The van der Waals surface area contributed by atoms with Crippen LogP contribution < -0.4 is 5.73 Å². The van der Waals surface area contributed by atoms with Crippen molar-refractivity contribution in [3.63, 3.8) is 0 Å². The van der Waals surface area contributed by atoms with Gasteiger partial charge >= 0.3 is 0 Å². The van der Waals surface area contributed by atoms with Crippen molar-refractivity contribution in [2.75, 3.05) is 13.1 Å². The van der Waals surface area contributed by atoms with Crippen LogP contribution in [0.15, 0.2) is 27.6 Å². The molecular weight excluding hydrogens is 316 g/mol. The summed E-state index contributed by atoms with van der Waals surface area (Å²) < 4.78 is 26.4. The minimum Gasteiger partial charge on any atom is -0.326 e. The van der Waals surface area contributed by atoms with Gasteiger partial charge in [-0.25, -0.2) is 8.42 Å². The van der Waals surface area contributed by atoms with Gasteiger partial charge in [0.25, 0.3) is 0 Å². The van der Waals surface area contributed by atoms with Crippen LogP contribution in [0.5, 0.6) is 0 Å². The molecule has 0 unspecified atom stereocenters. The predicted molar refractivity (Wildman–Crippen MR) is 75.3 cm³/mol. The van der Waals surface area contributed by atoms with E-state index in [1.54, 1.807) is 25.1 Å². The summed E-state index contributed by atoms with van der Waals surface area (Å²) in [7, 11) is -3.57. The lowest BCUT2D eigenvalue weighted by Gasteiger charge is -2.19. The SMILES string of the molecule is C#CCN(CC)S(=O)(=O)c1ccc(CN)cc1Br. The quantitative estimate of drug-likeness (QED) is 0.833. The van der Waals surface area contributed by atoms with Gasteiger partial charge < -0.3 is 5.73 Å². The monoisotopic (exact) mass is 330 g/mol. The highest BCUT2D eigenvalue weighted by molar-refractivity contribution is 9.10. The van der Waals surface area contributed by atoms with Gasteiger partial charge in [-0.2, -0.15) is 4.31 Å². The number of nitrogens with zero attached hydrogens (tertiary/aromatic N) is 1. The molecule has 0 bridgehead atoms. The Morgan fingerprint density at radius 1 is 1.50 bits per heavy atom. The molecule has 0 aliphatic heterocycles. The van der Waals surface area contributed by atoms with Crippen molar-refractivity contribution in [2.24, 2.45) is 5.73 Å². The molecule has 0 fully saturated rings. The van der Waals surface area contributed by atoms with E-state index in [1.165, 1.54) is 4.31 Å². The standard InChI is InChI=1S/C12H15BrN2O2S/c1-3-7-15(4-2)18(16,17)12-6-5-10(9-14)8-11(12)13/h1,5-6,8H,4,7,9,14H2,2H3. The van der Waals surface area contributed by atoms with E-state index in [4.69, 9.17) is 12.2 Å². The highest BCUT2D eigenvalue weighted by Gasteiger charge is 2.24. The Hall–Kier alpha value is -0.870. The average molecular weight is 331 g/mol. The second-order valence-electron chi connectivity index (χ2n) is 3.60. The first-order valence-electron chi connectivity index (χ1n) is 5.39. The molecule has 98 valence electrons. The van der Waals surface area contributed by atoms with Crippen LogP contribution in [0.1, 0.15) is 12.5 Å². The zero-order valence-electron chi connectivity index (χ0n) is 10.1. The fraction of sp³-hybridized carbons (Fsp3) is 0.333. The third-order valence-electron chi connectivity index (χ3n) is 2.47. The minimum atomic E-state index is -3.57. The van der Waals surface area contributed by atoms with Crippen LogP contribution in [0.4, 0.5) is 0 Å². The maximum Gasteiger partial charge on any atom is 0.245 e. The zero-order chi connectivity index (χ0) is 13.8. The molecular formula is C12H15BrN2O2S. The molecule has 1 aromatic rings. The van der Waals surface area contributed by atoms with Crippen LogP contribution in [-0.4, -0.2) is 25.8 Å². The molecule has 0 amide bonds. The van der Waals surface area contributed by atoms with Gasteiger partial charge in [0.15, 0.2) is 0 Å². The minimum absolute atomic E-state index is 0.0594. The lowest BCUT2D eigenvalue weighted by atomic mass is 10.2. The maximum absolute atomic E-state index is 12.3. The molecule has 0 atom stereocenters. The fourth-order valence-corrected chi connectivity index (χ4v) is 3.94. The second kappa shape index (κ2) is 6.34. The molecule has 4 nitrogen and oxygen atoms in total. The molecule has 0 aliphatic carbocycles. The summed E-state index contributed by atoms with van der Waals surface area (Å²) in [5.74, 6) is 2.35. The van der Waals surface area contributed by atoms with Gasteiger partial charge in [-0.15, -0.1) is 6.42 Å². The van der Waals surface area contributed by atoms with E-state index < -0.39 is 10.0 Å². The number of nitrogens with two attached hydrogens (primary N) is 1. The molecule has 0 aliphatic rings. The van der Waals surface area contributed by atoms with Crippen LogP contribution >= 0.6 is 15.9 Å². The molecule has 1 rings (SSSR count). The molecule has 0 heterocycles. The Balaban J connectivity index is 3.24.